The van der Waals surface area contributed by atoms with Crippen LogP contribution in [0.25, 0.3) is 0 Å². The molecule has 1 unspecified atom stereocenters. The number of hydrogen-bond donors (Lipinski definition) is 2. The molecule has 1 aliphatic carbocycles. The highest BCUT2D eigenvalue weighted by Gasteiger charge is 2.29. The Morgan fingerprint density at radius 3 is 2.35 bits per heavy atom. The van der Waals surface area contributed by atoms with Crippen LogP contribution in [-0.4, -0.2) is 13.2 Å². The van der Waals surface area contributed by atoms with E-state index in [0.717, 1.165) is 30.3 Å². The van der Waals surface area contributed by atoms with Gasteiger partial charge in [0.25, 0.3) is 0 Å². The van der Waals surface area contributed by atoms with Gasteiger partial charge in [-0.05, 0) is 53.7 Å². The van der Waals surface area contributed by atoms with Gasteiger partial charge in [-0.25, -0.2) is 0 Å². The molecule has 4 N–H and O–H groups in total. The van der Waals surface area contributed by atoms with E-state index in [-0.39, 0.29) is 16.9 Å². The zero-order chi connectivity index (χ0) is 17.3. The van der Waals surface area contributed by atoms with Crippen LogP contribution < -0.4 is 16.2 Å². The molecule has 2 rings (SSSR count). The Hall–Kier alpha value is -1.06. The molecule has 1 aromatic carbocycles. The summed E-state index contributed by atoms with van der Waals surface area (Å²) < 4.78 is 6.02. The second-order valence-electron chi connectivity index (χ2n) is 8.97. The molecule has 0 spiro atoms. The molecular formula is C20H34N2O. The van der Waals surface area contributed by atoms with Crippen molar-refractivity contribution in [2.24, 2.45) is 22.8 Å². The quantitative estimate of drug-likeness (QED) is 0.794. The second-order valence-corrected chi connectivity index (χ2v) is 8.97. The van der Waals surface area contributed by atoms with Crippen molar-refractivity contribution in [3.8, 4) is 5.75 Å². The van der Waals surface area contributed by atoms with Crippen molar-refractivity contribution in [1.82, 2.24) is 0 Å². The first kappa shape index (κ1) is 18.3. The third-order valence-corrected chi connectivity index (χ3v) is 4.59. The highest BCUT2D eigenvalue weighted by atomic mass is 16.5. The number of ether oxygens (including phenoxy) is 1. The molecule has 1 fully saturated rings. The summed E-state index contributed by atoms with van der Waals surface area (Å²) in [5.41, 5.74) is 14.8. The van der Waals surface area contributed by atoms with E-state index in [4.69, 9.17) is 16.2 Å². The predicted octanol–water partition coefficient (Wildman–Crippen LogP) is 4.15. The summed E-state index contributed by atoms with van der Waals surface area (Å²) in [4.78, 5) is 0. The fraction of sp³-hybridized carbons (Fsp3) is 0.700. The van der Waals surface area contributed by atoms with E-state index in [2.05, 4.69) is 52.8 Å². The average molecular weight is 319 g/mol. The van der Waals surface area contributed by atoms with E-state index in [1.54, 1.807) is 0 Å². The SMILES string of the molecule is CC(C)(C)CC(C)(C)c1ccc(OCC2CC2)c(C(N)CN)c1. The molecule has 1 aliphatic rings. The van der Waals surface area contributed by atoms with Crippen LogP contribution in [0.5, 0.6) is 5.75 Å². The molecule has 0 saturated heterocycles. The van der Waals surface area contributed by atoms with Crippen LogP contribution in [0.2, 0.25) is 0 Å². The highest BCUT2D eigenvalue weighted by Crippen LogP contribution is 2.39. The second kappa shape index (κ2) is 6.82. The van der Waals surface area contributed by atoms with E-state index in [0.29, 0.717) is 6.54 Å². The maximum absolute atomic E-state index is 6.25. The molecule has 0 aromatic heterocycles. The third-order valence-electron chi connectivity index (χ3n) is 4.59. The monoisotopic (exact) mass is 318 g/mol. The van der Waals surface area contributed by atoms with Crippen molar-refractivity contribution in [1.29, 1.82) is 0 Å². The Labute approximate surface area is 141 Å². The fourth-order valence-electron chi connectivity index (χ4n) is 3.44. The van der Waals surface area contributed by atoms with Crippen LogP contribution in [0, 0.1) is 11.3 Å². The van der Waals surface area contributed by atoms with Gasteiger partial charge >= 0.3 is 0 Å². The Morgan fingerprint density at radius 2 is 1.83 bits per heavy atom. The van der Waals surface area contributed by atoms with Crippen LogP contribution in [0.1, 0.15) is 71.0 Å². The summed E-state index contributed by atoms with van der Waals surface area (Å²) in [6.07, 6.45) is 3.68. The van der Waals surface area contributed by atoms with Gasteiger partial charge in [-0.1, -0.05) is 40.7 Å². The molecule has 130 valence electrons. The van der Waals surface area contributed by atoms with Crippen molar-refractivity contribution in [3.63, 3.8) is 0 Å². The molecule has 0 radical (unpaired) electrons. The maximum atomic E-state index is 6.25. The first-order valence-corrected chi connectivity index (χ1v) is 8.85. The van der Waals surface area contributed by atoms with Crippen LogP contribution >= 0.6 is 0 Å². The highest BCUT2D eigenvalue weighted by molar-refractivity contribution is 5.42. The molecule has 0 amide bonds. The summed E-state index contributed by atoms with van der Waals surface area (Å²) in [6, 6.07) is 6.33. The van der Waals surface area contributed by atoms with Crippen molar-refractivity contribution in [2.45, 2.75) is 65.3 Å². The topological polar surface area (TPSA) is 61.3 Å². The smallest absolute Gasteiger partial charge is 0.124 e. The zero-order valence-corrected chi connectivity index (χ0v) is 15.5. The van der Waals surface area contributed by atoms with Crippen LogP contribution in [-0.2, 0) is 5.41 Å². The minimum Gasteiger partial charge on any atom is -0.493 e. The van der Waals surface area contributed by atoms with Crippen molar-refractivity contribution in [3.05, 3.63) is 29.3 Å². The predicted molar refractivity (Wildman–Crippen MR) is 97.7 cm³/mol. The third kappa shape index (κ3) is 5.22. The van der Waals surface area contributed by atoms with E-state index in [9.17, 15) is 0 Å². The Balaban J connectivity index is 2.26. The van der Waals surface area contributed by atoms with E-state index in [1.165, 1.54) is 18.4 Å². The van der Waals surface area contributed by atoms with Crippen LogP contribution in [0.4, 0.5) is 0 Å². The minimum atomic E-state index is -0.172. The van der Waals surface area contributed by atoms with Crippen LogP contribution in [0.3, 0.4) is 0 Å². The summed E-state index contributed by atoms with van der Waals surface area (Å²) in [5.74, 6) is 1.64. The number of nitrogens with two attached hydrogens (primary N) is 2. The number of benzene rings is 1. The molecule has 1 aromatic rings. The van der Waals surface area contributed by atoms with Crippen molar-refractivity contribution < 1.29 is 4.74 Å². The zero-order valence-electron chi connectivity index (χ0n) is 15.5. The lowest BCUT2D eigenvalue weighted by Gasteiger charge is -2.33. The number of hydrogen-bond acceptors (Lipinski definition) is 3. The largest absolute Gasteiger partial charge is 0.493 e. The average Bonchev–Trinajstić information content (AvgIpc) is 3.25. The summed E-state index contributed by atoms with van der Waals surface area (Å²) in [6.45, 7) is 12.7. The molecule has 0 aliphatic heterocycles. The van der Waals surface area contributed by atoms with Gasteiger partial charge in [0.05, 0.1) is 6.61 Å². The normalized spacial score (nSPS) is 17.2. The van der Waals surface area contributed by atoms with E-state index in [1.807, 2.05) is 0 Å². The standard InChI is InChI=1S/C20H34N2O/c1-19(2,3)13-20(4,5)15-8-9-18(23-12-14-6-7-14)16(10-15)17(22)11-21/h8-10,14,17H,6-7,11-13,21-22H2,1-5H3. The van der Waals surface area contributed by atoms with Crippen LogP contribution in [0.15, 0.2) is 18.2 Å². The first-order chi connectivity index (χ1) is 10.6. The molecule has 0 bridgehead atoms. The lowest BCUT2D eigenvalue weighted by molar-refractivity contribution is 0.281. The van der Waals surface area contributed by atoms with Gasteiger partial charge in [0.2, 0.25) is 0 Å². The lowest BCUT2D eigenvalue weighted by Crippen LogP contribution is -2.26. The van der Waals surface area contributed by atoms with Gasteiger partial charge in [0, 0.05) is 18.2 Å². The van der Waals surface area contributed by atoms with Crippen molar-refractivity contribution in [2.75, 3.05) is 13.2 Å². The Morgan fingerprint density at radius 1 is 1.17 bits per heavy atom. The summed E-state index contributed by atoms with van der Waals surface area (Å²) in [5, 5.41) is 0. The molecule has 1 atom stereocenters. The molecule has 3 heteroatoms. The van der Waals surface area contributed by atoms with Crippen molar-refractivity contribution >= 4 is 0 Å². The lowest BCUT2D eigenvalue weighted by atomic mass is 9.72. The first-order valence-electron chi connectivity index (χ1n) is 8.85. The van der Waals surface area contributed by atoms with E-state index >= 15 is 0 Å². The number of rotatable bonds is 7. The molecule has 3 nitrogen and oxygen atoms in total. The summed E-state index contributed by atoms with van der Waals surface area (Å²) >= 11 is 0. The van der Waals surface area contributed by atoms with Gasteiger partial charge in [-0.3, -0.25) is 0 Å². The van der Waals surface area contributed by atoms with Gasteiger partial charge < -0.3 is 16.2 Å². The molecule has 0 heterocycles. The van der Waals surface area contributed by atoms with Gasteiger partial charge in [0.15, 0.2) is 0 Å². The van der Waals surface area contributed by atoms with Gasteiger partial charge in [-0.15, -0.1) is 0 Å². The molecular weight excluding hydrogens is 284 g/mol. The Kier molecular flexibility index (Phi) is 5.42. The Bertz CT molecular complexity index is 527. The molecule has 1 saturated carbocycles. The fourth-order valence-corrected chi connectivity index (χ4v) is 3.44. The van der Waals surface area contributed by atoms with E-state index < -0.39 is 0 Å². The summed E-state index contributed by atoms with van der Waals surface area (Å²) in [7, 11) is 0. The maximum Gasteiger partial charge on any atom is 0.124 e. The van der Waals surface area contributed by atoms with Gasteiger partial charge in [0.1, 0.15) is 5.75 Å². The molecule has 23 heavy (non-hydrogen) atoms. The van der Waals surface area contributed by atoms with Gasteiger partial charge in [-0.2, -0.15) is 0 Å². The minimum absolute atomic E-state index is 0.0936.